The summed E-state index contributed by atoms with van der Waals surface area (Å²) < 4.78 is 13.2. The third kappa shape index (κ3) is 7.00. The quantitative estimate of drug-likeness (QED) is 0.118. The van der Waals surface area contributed by atoms with Gasteiger partial charge in [-0.05, 0) is 98.2 Å². The van der Waals surface area contributed by atoms with Crippen molar-refractivity contribution in [2.24, 2.45) is 0 Å². The number of para-hydroxylation sites is 4. The molecule has 8 aromatic carbocycles. The molecule has 0 spiro atoms. The van der Waals surface area contributed by atoms with Crippen molar-refractivity contribution in [3.05, 3.63) is 223 Å². The number of benzene rings is 8. The van der Waals surface area contributed by atoms with Gasteiger partial charge in [-0.25, -0.2) is 4.98 Å². The van der Waals surface area contributed by atoms with E-state index < -0.39 is 0 Å². The third-order valence-electron chi connectivity index (χ3n) is 13.7. The van der Waals surface area contributed by atoms with Crippen molar-refractivity contribution in [1.82, 2.24) is 14.1 Å². The molecule has 12 aromatic rings. The number of imidazole rings is 1. The zero-order chi connectivity index (χ0) is 46.3. The summed E-state index contributed by atoms with van der Waals surface area (Å²) in [7, 11) is 0. The molecule has 4 heterocycles. The average Bonchev–Trinajstić information content (AvgIpc) is 4.03. The first-order valence-electron chi connectivity index (χ1n) is 23.7. The van der Waals surface area contributed by atoms with Crippen LogP contribution in [0.1, 0.15) is 63.8 Å². The van der Waals surface area contributed by atoms with Crippen LogP contribution in [0.2, 0.25) is 0 Å². The van der Waals surface area contributed by atoms with Gasteiger partial charge in [-0.15, -0.1) is 0 Å². The second kappa shape index (κ2) is 15.8. The van der Waals surface area contributed by atoms with E-state index >= 15 is 0 Å². The van der Waals surface area contributed by atoms with Gasteiger partial charge in [0.2, 0.25) is 0 Å². The van der Waals surface area contributed by atoms with E-state index in [1.807, 2.05) is 24.4 Å². The van der Waals surface area contributed by atoms with E-state index in [-0.39, 0.29) is 10.8 Å². The summed E-state index contributed by atoms with van der Waals surface area (Å²) in [4.78, 5) is 5.05. The summed E-state index contributed by atoms with van der Waals surface area (Å²) in [5, 5.41) is 4.46. The zero-order valence-electron chi connectivity index (χ0n) is 39.4. The molecule has 0 N–H and O–H groups in total. The van der Waals surface area contributed by atoms with E-state index in [1.54, 1.807) is 0 Å². The van der Waals surface area contributed by atoms with Crippen LogP contribution < -0.4 is 4.57 Å². The van der Waals surface area contributed by atoms with Crippen molar-refractivity contribution >= 4 is 54.8 Å². The number of furan rings is 1. The highest BCUT2D eigenvalue weighted by atomic mass is 16.3. The smallest absolute Gasteiger partial charge is 0.269 e. The third-order valence-corrected chi connectivity index (χ3v) is 13.7. The summed E-state index contributed by atoms with van der Waals surface area (Å²) in [6, 6.07) is 68.2. The molecule has 4 aromatic heterocycles. The normalized spacial score (nSPS) is 12.3. The van der Waals surface area contributed by atoms with E-state index in [2.05, 4.69) is 231 Å². The maximum absolute atomic E-state index is 6.34. The minimum atomic E-state index is -0.0813. The summed E-state index contributed by atoms with van der Waals surface area (Å²) in [6.45, 7) is 13.8. The predicted octanol–water partition coefficient (Wildman–Crippen LogP) is 15.6. The molecule has 0 fully saturated rings. The van der Waals surface area contributed by atoms with E-state index in [9.17, 15) is 0 Å². The molecule has 0 aliphatic carbocycles. The van der Waals surface area contributed by atoms with Crippen LogP contribution in [0.4, 0.5) is 0 Å². The van der Waals surface area contributed by atoms with E-state index in [4.69, 9.17) is 9.40 Å². The molecular formula is C63H52N4O. The van der Waals surface area contributed by atoms with Gasteiger partial charge in [-0.2, -0.15) is 0 Å². The van der Waals surface area contributed by atoms with Gasteiger partial charge >= 0.3 is 0 Å². The van der Waals surface area contributed by atoms with Crippen molar-refractivity contribution in [2.45, 2.75) is 58.8 Å². The monoisotopic (exact) mass is 880 g/mol. The largest absolute Gasteiger partial charge is 0.456 e. The Labute approximate surface area is 397 Å². The Morgan fingerprint density at radius 3 is 1.99 bits per heavy atom. The molecule has 0 saturated heterocycles. The topological polar surface area (TPSA) is 39.8 Å². The highest BCUT2D eigenvalue weighted by molar-refractivity contribution is 6.13. The van der Waals surface area contributed by atoms with Crippen LogP contribution in [-0.2, 0) is 17.3 Å². The SMILES string of the molecule is CC(C)(C)c1cccc(-c2cc(C(C)(C)C)cc(-c3ccccc3)c2-[n+]2[c-]n(-c3cccc(Cc4ccc5c6ccccc6n(-c6nccc7oc8ccccc8c67)c5c4)c3)c3ccccc32)c1. The summed E-state index contributed by atoms with van der Waals surface area (Å²) in [5.74, 6) is 0.870. The van der Waals surface area contributed by atoms with Gasteiger partial charge in [-0.3, -0.25) is 13.7 Å². The highest BCUT2D eigenvalue weighted by Gasteiger charge is 2.26. The lowest BCUT2D eigenvalue weighted by Gasteiger charge is -2.26. The molecule has 0 aliphatic heterocycles. The first-order valence-corrected chi connectivity index (χ1v) is 23.7. The number of hydrogen-bond acceptors (Lipinski definition) is 2. The fraction of sp³-hybridized carbons (Fsp3) is 0.143. The van der Waals surface area contributed by atoms with Crippen molar-refractivity contribution < 1.29 is 8.98 Å². The van der Waals surface area contributed by atoms with Gasteiger partial charge in [0.05, 0.1) is 38.8 Å². The van der Waals surface area contributed by atoms with Gasteiger partial charge in [0.25, 0.3) is 6.33 Å². The van der Waals surface area contributed by atoms with Crippen LogP contribution >= 0.6 is 0 Å². The Morgan fingerprint density at radius 2 is 1.18 bits per heavy atom. The molecule has 0 bridgehead atoms. The lowest BCUT2D eigenvalue weighted by Crippen LogP contribution is -2.32. The second-order valence-electron chi connectivity index (χ2n) is 20.3. The Balaban J connectivity index is 1.01. The number of pyridine rings is 1. The molecule has 12 rings (SSSR count). The first kappa shape index (κ1) is 41.4. The molecule has 330 valence electrons. The molecule has 0 saturated carbocycles. The molecule has 68 heavy (non-hydrogen) atoms. The summed E-state index contributed by atoms with van der Waals surface area (Å²) in [5.41, 5.74) is 17.9. The maximum atomic E-state index is 6.34. The van der Waals surface area contributed by atoms with Crippen molar-refractivity contribution in [3.63, 3.8) is 0 Å². The first-order chi connectivity index (χ1) is 33.0. The van der Waals surface area contributed by atoms with Crippen LogP contribution in [0.5, 0.6) is 0 Å². The molecule has 0 amide bonds. The summed E-state index contributed by atoms with van der Waals surface area (Å²) >= 11 is 0. The molecule has 0 aliphatic rings. The molecule has 0 radical (unpaired) electrons. The van der Waals surface area contributed by atoms with Crippen molar-refractivity contribution in [3.8, 4) is 39.4 Å². The predicted molar refractivity (Wildman–Crippen MR) is 281 cm³/mol. The van der Waals surface area contributed by atoms with Crippen LogP contribution in [0, 0.1) is 6.33 Å². The minimum Gasteiger partial charge on any atom is -0.456 e. The van der Waals surface area contributed by atoms with Crippen LogP contribution in [0.15, 0.2) is 199 Å². The number of rotatable bonds is 7. The Bertz CT molecular complexity index is 3910. The number of fused-ring (bicyclic) bond motifs is 7. The highest BCUT2D eigenvalue weighted by Crippen LogP contribution is 2.41. The fourth-order valence-electron chi connectivity index (χ4n) is 10.2. The van der Waals surface area contributed by atoms with Gasteiger partial charge in [-0.1, -0.05) is 193 Å². The van der Waals surface area contributed by atoms with Gasteiger partial charge in [0.15, 0.2) is 0 Å². The second-order valence-corrected chi connectivity index (χ2v) is 20.3. The number of aromatic nitrogens is 4. The van der Waals surface area contributed by atoms with Crippen LogP contribution in [0.3, 0.4) is 0 Å². The standard InChI is InChI=1S/C63H52N4O/c1-62(2,3)45-22-17-21-44(37-45)52-39-46(63(4,5)6)38-51(43-19-8-7-9-20-43)60(52)66-40-65(54-27-13-14-28-55(54)66)47-23-16-18-41(35-47)34-42-30-31-49-48-24-10-12-26-53(48)67(56(49)36-42)61-59-50-25-11-15-29-57(50)68-58(59)32-33-64-61/h7-33,35-39H,34H2,1-6H3. The van der Waals surface area contributed by atoms with E-state index in [0.29, 0.717) is 0 Å². The Morgan fingerprint density at radius 1 is 0.515 bits per heavy atom. The molecular weight excluding hydrogens is 829 g/mol. The van der Waals surface area contributed by atoms with Crippen molar-refractivity contribution in [1.29, 1.82) is 0 Å². The van der Waals surface area contributed by atoms with Gasteiger partial charge in [0.1, 0.15) is 17.0 Å². The molecule has 0 atom stereocenters. The van der Waals surface area contributed by atoms with Crippen molar-refractivity contribution in [2.75, 3.05) is 0 Å². The lowest BCUT2D eigenvalue weighted by molar-refractivity contribution is -0.571. The zero-order valence-corrected chi connectivity index (χ0v) is 39.4. The Kier molecular flexibility index (Phi) is 9.63. The fourth-order valence-corrected chi connectivity index (χ4v) is 10.2. The molecule has 5 heteroatoms. The van der Waals surface area contributed by atoms with Gasteiger partial charge < -0.3 is 4.42 Å². The maximum Gasteiger partial charge on any atom is 0.269 e. The summed E-state index contributed by atoms with van der Waals surface area (Å²) in [6.07, 6.45) is 6.55. The van der Waals surface area contributed by atoms with E-state index in [1.165, 1.54) is 55.3 Å². The van der Waals surface area contributed by atoms with Crippen LogP contribution in [-0.4, -0.2) is 14.1 Å². The molecule has 0 unspecified atom stereocenters. The van der Waals surface area contributed by atoms with E-state index in [0.717, 1.165) is 67.6 Å². The Hall–Kier alpha value is -8.02. The number of nitrogens with zero attached hydrogens (tertiary/aromatic N) is 4. The molecule has 5 nitrogen and oxygen atoms in total. The van der Waals surface area contributed by atoms with Crippen LogP contribution in [0.25, 0.3) is 94.2 Å². The van der Waals surface area contributed by atoms with Gasteiger partial charge in [0, 0.05) is 22.4 Å². The minimum absolute atomic E-state index is 0.00792. The number of hydrogen-bond donors (Lipinski definition) is 0. The lowest BCUT2D eigenvalue weighted by atomic mass is 9.81. The average molecular weight is 881 g/mol.